The van der Waals surface area contributed by atoms with Crippen LogP contribution in [-0.4, -0.2) is 43.1 Å². The second kappa shape index (κ2) is 7.01. The second-order valence-corrected chi connectivity index (χ2v) is 7.13. The van der Waals surface area contributed by atoms with Gasteiger partial charge >= 0.3 is 0 Å². The summed E-state index contributed by atoms with van der Waals surface area (Å²) >= 11 is 3.46. The van der Waals surface area contributed by atoms with Gasteiger partial charge in [0, 0.05) is 13.1 Å². The Morgan fingerprint density at radius 2 is 1.91 bits per heavy atom. The fraction of sp³-hybridized carbons (Fsp3) is 0.588. The molecule has 2 aliphatic heterocycles. The summed E-state index contributed by atoms with van der Waals surface area (Å²) in [5.41, 5.74) is 0. The standard InChI is InChI=1S/C17H23BrN2O2/c1-12(22-16-5-3-2-4-15(16)18)17(21)20-8-6-13-10-19-11-14(13)7-9-20/h2-5,12-14,19H,6-11H2,1H3/t12?,13-,14+. The first-order chi connectivity index (χ1) is 10.6. The second-order valence-electron chi connectivity index (χ2n) is 6.27. The third-order valence-corrected chi connectivity index (χ3v) is 5.47. The molecule has 1 aromatic rings. The summed E-state index contributed by atoms with van der Waals surface area (Å²) in [4.78, 5) is 14.6. The maximum Gasteiger partial charge on any atom is 0.263 e. The molecule has 2 aliphatic rings. The first-order valence-corrected chi connectivity index (χ1v) is 8.85. The Hall–Kier alpha value is -1.07. The molecule has 1 aromatic carbocycles. The van der Waals surface area contributed by atoms with Gasteiger partial charge in [0.15, 0.2) is 6.10 Å². The number of likely N-dealkylation sites (tertiary alicyclic amines) is 1. The summed E-state index contributed by atoms with van der Waals surface area (Å²) in [5, 5.41) is 3.46. The summed E-state index contributed by atoms with van der Waals surface area (Å²) in [6.45, 7) is 5.76. The van der Waals surface area contributed by atoms with E-state index in [1.165, 1.54) is 0 Å². The van der Waals surface area contributed by atoms with Crippen LogP contribution in [0.1, 0.15) is 19.8 Å². The van der Waals surface area contributed by atoms with Crippen molar-refractivity contribution in [3.05, 3.63) is 28.7 Å². The molecular weight excluding hydrogens is 344 g/mol. The van der Waals surface area contributed by atoms with Crippen LogP contribution in [-0.2, 0) is 4.79 Å². The Bertz CT molecular complexity index is 523. The zero-order valence-corrected chi connectivity index (χ0v) is 14.5. The van der Waals surface area contributed by atoms with E-state index in [2.05, 4.69) is 21.2 Å². The molecule has 2 saturated heterocycles. The lowest BCUT2D eigenvalue weighted by Crippen LogP contribution is -2.41. The van der Waals surface area contributed by atoms with Crippen molar-refractivity contribution in [3.8, 4) is 5.75 Å². The number of carbonyl (C=O) groups is 1. The van der Waals surface area contributed by atoms with E-state index in [1.54, 1.807) is 0 Å². The number of amides is 1. The normalized spacial score (nSPS) is 26.2. The number of hydrogen-bond donors (Lipinski definition) is 1. The number of para-hydroxylation sites is 1. The molecule has 0 radical (unpaired) electrons. The molecule has 3 atom stereocenters. The lowest BCUT2D eigenvalue weighted by Gasteiger charge is -2.25. The molecule has 1 N–H and O–H groups in total. The van der Waals surface area contributed by atoms with Crippen LogP contribution in [0.15, 0.2) is 28.7 Å². The van der Waals surface area contributed by atoms with Crippen LogP contribution < -0.4 is 10.1 Å². The van der Waals surface area contributed by atoms with Gasteiger partial charge in [0.05, 0.1) is 4.47 Å². The fourth-order valence-corrected chi connectivity index (χ4v) is 3.86. The monoisotopic (exact) mass is 366 g/mol. The molecule has 0 aromatic heterocycles. The van der Waals surface area contributed by atoms with Crippen molar-refractivity contribution >= 4 is 21.8 Å². The number of nitrogens with zero attached hydrogens (tertiary/aromatic N) is 1. The van der Waals surface area contributed by atoms with Gasteiger partial charge in [-0.3, -0.25) is 4.79 Å². The average Bonchev–Trinajstić information content (AvgIpc) is 2.87. The number of rotatable bonds is 3. The zero-order chi connectivity index (χ0) is 15.5. The van der Waals surface area contributed by atoms with Crippen LogP contribution in [0.3, 0.4) is 0 Å². The minimum absolute atomic E-state index is 0.101. The topological polar surface area (TPSA) is 41.6 Å². The summed E-state index contributed by atoms with van der Waals surface area (Å²) in [6.07, 6.45) is 1.76. The Kier molecular flexibility index (Phi) is 5.03. The van der Waals surface area contributed by atoms with Crippen LogP contribution >= 0.6 is 15.9 Å². The molecule has 0 bridgehead atoms. The molecule has 3 rings (SSSR count). The molecule has 4 nitrogen and oxygen atoms in total. The molecular formula is C17H23BrN2O2. The summed E-state index contributed by atoms with van der Waals surface area (Å²) in [7, 11) is 0. The third-order valence-electron chi connectivity index (χ3n) is 4.82. The number of halogens is 1. The van der Waals surface area contributed by atoms with Crippen molar-refractivity contribution in [3.63, 3.8) is 0 Å². The predicted molar refractivity (Wildman–Crippen MR) is 89.9 cm³/mol. The Morgan fingerprint density at radius 1 is 1.27 bits per heavy atom. The first kappa shape index (κ1) is 15.8. The van der Waals surface area contributed by atoms with E-state index in [9.17, 15) is 4.79 Å². The molecule has 120 valence electrons. The third kappa shape index (κ3) is 3.46. The number of fused-ring (bicyclic) bond motifs is 1. The maximum absolute atomic E-state index is 12.7. The largest absolute Gasteiger partial charge is 0.480 e. The molecule has 5 heteroatoms. The van der Waals surface area contributed by atoms with E-state index in [1.807, 2.05) is 36.1 Å². The average molecular weight is 367 g/mol. The van der Waals surface area contributed by atoms with E-state index in [0.717, 1.165) is 61.1 Å². The maximum atomic E-state index is 12.7. The summed E-state index contributed by atoms with van der Waals surface area (Å²) in [5.74, 6) is 2.29. The predicted octanol–water partition coefficient (Wildman–Crippen LogP) is 2.67. The van der Waals surface area contributed by atoms with Gasteiger partial charge in [-0.25, -0.2) is 0 Å². The van der Waals surface area contributed by atoms with E-state index in [4.69, 9.17) is 4.74 Å². The number of benzene rings is 1. The minimum Gasteiger partial charge on any atom is -0.480 e. The van der Waals surface area contributed by atoms with Crippen molar-refractivity contribution < 1.29 is 9.53 Å². The van der Waals surface area contributed by atoms with E-state index < -0.39 is 6.10 Å². The molecule has 0 spiro atoms. The number of ether oxygens (including phenoxy) is 1. The molecule has 22 heavy (non-hydrogen) atoms. The van der Waals surface area contributed by atoms with Crippen molar-refractivity contribution in [2.45, 2.75) is 25.9 Å². The van der Waals surface area contributed by atoms with Crippen LogP contribution in [0.25, 0.3) is 0 Å². The highest BCUT2D eigenvalue weighted by Gasteiger charge is 2.32. The van der Waals surface area contributed by atoms with Crippen LogP contribution in [0.5, 0.6) is 5.75 Å². The summed E-state index contributed by atoms with van der Waals surface area (Å²) < 4.78 is 6.73. The van der Waals surface area contributed by atoms with E-state index in [0.29, 0.717) is 0 Å². The Labute approximate surface area is 140 Å². The number of hydrogen-bond acceptors (Lipinski definition) is 3. The van der Waals surface area contributed by atoms with Crippen molar-refractivity contribution in [2.24, 2.45) is 11.8 Å². The van der Waals surface area contributed by atoms with Gasteiger partial charge in [-0.2, -0.15) is 0 Å². The lowest BCUT2D eigenvalue weighted by atomic mass is 9.92. The zero-order valence-electron chi connectivity index (χ0n) is 12.9. The first-order valence-electron chi connectivity index (χ1n) is 8.06. The van der Waals surface area contributed by atoms with Crippen LogP contribution in [0.2, 0.25) is 0 Å². The van der Waals surface area contributed by atoms with Gasteiger partial charge in [0.1, 0.15) is 5.75 Å². The highest BCUT2D eigenvalue weighted by molar-refractivity contribution is 9.10. The molecule has 1 unspecified atom stereocenters. The molecule has 2 heterocycles. The van der Waals surface area contributed by atoms with Gasteiger partial charge in [0.25, 0.3) is 5.91 Å². The quantitative estimate of drug-likeness (QED) is 0.893. The minimum atomic E-state index is -0.449. The van der Waals surface area contributed by atoms with Crippen LogP contribution in [0.4, 0.5) is 0 Å². The van der Waals surface area contributed by atoms with Gasteiger partial charge in [-0.05, 0) is 72.8 Å². The van der Waals surface area contributed by atoms with Crippen LogP contribution in [0, 0.1) is 11.8 Å². The lowest BCUT2D eigenvalue weighted by molar-refractivity contribution is -0.138. The molecule has 0 saturated carbocycles. The van der Waals surface area contributed by atoms with Gasteiger partial charge in [-0.15, -0.1) is 0 Å². The van der Waals surface area contributed by atoms with Crippen molar-refractivity contribution in [2.75, 3.05) is 26.2 Å². The highest BCUT2D eigenvalue weighted by Crippen LogP contribution is 2.28. The van der Waals surface area contributed by atoms with Crippen molar-refractivity contribution in [1.82, 2.24) is 10.2 Å². The summed E-state index contributed by atoms with van der Waals surface area (Å²) in [6, 6.07) is 7.65. The molecule has 2 fully saturated rings. The van der Waals surface area contributed by atoms with Gasteiger partial charge in [-0.1, -0.05) is 12.1 Å². The Balaban J connectivity index is 1.60. The smallest absolute Gasteiger partial charge is 0.263 e. The number of nitrogens with one attached hydrogen (secondary N) is 1. The molecule has 1 amide bonds. The highest BCUT2D eigenvalue weighted by atomic mass is 79.9. The van der Waals surface area contributed by atoms with E-state index >= 15 is 0 Å². The Morgan fingerprint density at radius 3 is 2.55 bits per heavy atom. The van der Waals surface area contributed by atoms with E-state index in [-0.39, 0.29) is 5.91 Å². The SMILES string of the molecule is CC(Oc1ccccc1Br)C(=O)N1CC[C@@H]2CNC[C@@H]2CC1. The fourth-order valence-electron chi connectivity index (χ4n) is 3.48. The van der Waals surface area contributed by atoms with Crippen molar-refractivity contribution in [1.29, 1.82) is 0 Å². The number of carbonyl (C=O) groups excluding carboxylic acids is 1. The molecule has 0 aliphatic carbocycles. The van der Waals surface area contributed by atoms with Gasteiger partial charge in [0.2, 0.25) is 0 Å². The van der Waals surface area contributed by atoms with Gasteiger partial charge < -0.3 is 15.0 Å².